The summed E-state index contributed by atoms with van der Waals surface area (Å²) in [5.74, 6) is 0.210. The van der Waals surface area contributed by atoms with Crippen molar-refractivity contribution in [1.82, 2.24) is 0 Å². The van der Waals surface area contributed by atoms with Gasteiger partial charge in [-0.25, -0.2) is 0 Å². The minimum absolute atomic E-state index is 0.00524. The van der Waals surface area contributed by atoms with Crippen LogP contribution in [-0.4, -0.2) is 40.3 Å². The van der Waals surface area contributed by atoms with Gasteiger partial charge in [0.05, 0.1) is 18.3 Å². The summed E-state index contributed by atoms with van der Waals surface area (Å²) in [7, 11) is 0. The van der Waals surface area contributed by atoms with E-state index in [1.807, 2.05) is 13.8 Å². The molecular formula is C27H48O5. The molecule has 4 atom stereocenters. The summed E-state index contributed by atoms with van der Waals surface area (Å²) >= 11 is 0. The lowest BCUT2D eigenvalue weighted by Gasteiger charge is -2.22. The molecule has 0 heterocycles. The van der Waals surface area contributed by atoms with E-state index in [4.69, 9.17) is 4.74 Å². The third-order valence-electron chi connectivity index (χ3n) is 6.53. The van der Waals surface area contributed by atoms with Gasteiger partial charge in [0, 0.05) is 19.3 Å². The first-order chi connectivity index (χ1) is 15.3. The molecule has 32 heavy (non-hydrogen) atoms. The van der Waals surface area contributed by atoms with Crippen LogP contribution in [0.3, 0.4) is 0 Å². The van der Waals surface area contributed by atoms with E-state index in [1.165, 1.54) is 19.3 Å². The predicted molar refractivity (Wildman–Crippen MR) is 129 cm³/mol. The molecule has 1 aliphatic carbocycles. The molecule has 0 saturated heterocycles. The molecule has 5 nitrogen and oxygen atoms in total. The molecule has 0 bridgehead atoms. The van der Waals surface area contributed by atoms with E-state index in [0.29, 0.717) is 37.9 Å². The van der Waals surface area contributed by atoms with E-state index >= 15 is 0 Å². The van der Waals surface area contributed by atoms with Crippen LogP contribution in [0.4, 0.5) is 0 Å². The Kier molecular flexibility index (Phi) is 15.6. The van der Waals surface area contributed by atoms with Gasteiger partial charge in [0.15, 0.2) is 0 Å². The number of carbonyl (C=O) groups is 2. The second kappa shape index (κ2) is 17.3. The van der Waals surface area contributed by atoms with Crippen LogP contribution in [0.2, 0.25) is 0 Å². The van der Waals surface area contributed by atoms with Gasteiger partial charge >= 0.3 is 5.97 Å². The number of aliphatic hydroxyl groups is 2. The van der Waals surface area contributed by atoms with E-state index in [0.717, 1.165) is 44.9 Å². The summed E-state index contributed by atoms with van der Waals surface area (Å²) in [5, 5.41) is 20.8. The fraction of sp³-hybridized carbons (Fsp3) is 0.852. The second-order valence-electron chi connectivity index (χ2n) is 9.78. The summed E-state index contributed by atoms with van der Waals surface area (Å²) in [6, 6.07) is 0. The number of hydrogen-bond acceptors (Lipinski definition) is 5. The highest BCUT2D eigenvalue weighted by molar-refractivity contribution is 5.78. The SMILES string of the molecule is CCCCCCCC(=O)CC[C@@H]1[C@@H](CC=CCCCCCC(=O)OC(C)C)[C@@H](O)C[C@H]1O. The standard InChI is InChI=1S/C27H48O5/c1-4-5-6-9-12-15-22(28)18-19-24-23(25(29)20-26(24)30)16-13-10-7-8-11-14-17-27(31)32-21(2)3/h10,13,21,23-26,29-30H,4-9,11-12,14-20H2,1-3H3/t23-,24-,25+,26-/m1/s1. The molecule has 0 amide bonds. The lowest BCUT2D eigenvalue weighted by molar-refractivity contribution is -0.147. The Balaban J connectivity index is 2.24. The topological polar surface area (TPSA) is 83.8 Å². The fourth-order valence-corrected chi connectivity index (χ4v) is 4.69. The zero-order chi connectivity index (χ0) is 23.8. The fourth-order valence-electron chi connectivity index (χ4n) is 4.69. The van der Waals surface area contributed by atoms with Crippen LogP contribution in [0.1, 0.15) is 117 Å². The van der Waals surface area contributed by atoms with Crippen LogP contribution in [-0.2, 0) is 14.3 Å². The number of rotatable bonds is 18. The molecule has 2 N–H and O–H groups in total. The third-order valence-corrected chi connectivity index (χ3v) is 6.53. The molecule has 1 aliphatic rings. The number of Topliss-reactive ketones (excluding diaryl/α,β-unsaturated/α-hetero) is 1. The molecule has 0 aromatic heterocycles. The van der Waals surface area contributed by atoms with Crippen LogP contribution >= 0.6 is 0 Å². The van der Waals surface area contributed by atoms with Crippen molar-refractivity contribution >= 4 is 11.8 Å². The highest BCUT2D eigenvalue weighted by Crippen LogP contribution is 2.38. The van der Waals surface area contributed by atoms with Crippen molar-refractivity contribution in [2.75, 3.05) is 0 Å². The molecule has 186 valence electrons. The summed E-state index contributed by atoms with van der Waals surface area (Å²) in [6.45, 7) is 5.91. The number of esters is 1. The van der Waals surface area contributed by atoms with Gasteiger partial charge in [-0.05, 0) is 70.6 Å². The maximum atomic E-state index is 12.2. The van der Waals surface area contributed by atoms with E-state index in [9.17, 15) is 19.8 Å². The minimum Gasteiger partial charge on any atom is -0.463 e. The first kappa shape index (κ1) is 28.8. The molecule has 0 spiro atoms. The maximum absolute atomic E-state index is 12.2. The Hall–Kier alpha value is -1.20. The van der Waals surface area contributed by atoms with Crippen molar-refractivity contribution in [3.8, 4) is 0 Å². The highest BCUT2D eigenvalue weighted by Gasteiger charge is 2.40. The van der Waals surface area contributed by atoms with Crippen molar-refractivity contribution in [3.05, 3.63) is 12.2 Å². The van der Waals surface area contributed by atoms with E-state index < -0.39 is 12.2 Å². The number of ketones is 1. The first-order valence-electron chi connectivity index (χ1n) is 13.1. The van der Waals surface area contributed by atoms with Gasteiger partial charge in [-0.1, -0.05) is 51.2 Å². The van der Waals surface area contributed by atoms with Gasteiger partial charge in [-0.2, -0.15) is 0 Å². The summed E-state index contributed by atoms with van der Waals surface area (Å²) in [5.41, 5.74) is 0. The largest absolute Gasteiger partial charge is 0.463 e. The second-order valence-corrected chi connectivity index (χ2v) is 9.78. The molecule has 0 unspecified atom stereocenters. The van der Waals surface area contributed by atoms with Crippen molar-refractivity contribution < 1.29 is 24.5 Å². The van der Waals surface area contributed by atoms with Crippen molar-refractivity contribution in [2.45, 2.75) is 135 Å². The van der Waals surface area contributed by atoms with Gasteiger partial charge in [0.1, 0.15) is 5.78 Å². The Morgan fingerprint density at radius 3 is 2.25 bits per heavy atom. The Labute approximate surface area is 196 Å². The number of ether oxygens (including phenoxy) is 1. The minimum atomic E-state index is -0.508. The smallest absolute Gasteiger partial charge is 0.306 e. The molecule has 5 heteroatoms. The van der Waals surface area contributed by atoms with Crippen molar-refractivity contribution in [3.63, 3.8) is 0 Å². The van der Waals surface area contributed by atoms with E-state index in [1.54, 1.807) is 0 Å². The van der Waals surface area contributed by atoms with Crippen LogP contribution in [0.15, 0.2) is 12.2 Å². The van der Waals surface area contributed by atoms with Crippen LogP contribution in [0.25, 0.3) is 0 Å². The molecule has 0 radical (unpaired) electrons. The maximum Gasteiger partial charge on any atom is 0.306 e. The molecule has 0 aromatic rings. The number of carbonyl (C=O) groups excluding carboxylic acids is 2. The highest BCUT2D eigenvalue weighted by atomic mass is 16.5. The zero-order valence-corrected chi connectivity index (χ0v) is 20.8. The lowest BCUT2D eigenvalue weighted by Crippen LogP contribution is -2.22. The third kappa shape index (κ3) is 12.7. The first-order valence-corrected chi connectivity index (χ1v) is 13.1. The lowest BCUT2D eigenvalue weighted by atomic mass is 9.86. The molecule has 1 fully saturated rings. The normalized spacial score (nSPS) is 23.3. The van der Waals surface area contributed by atoms with E-state index in [-0.39, 0.29) is 23.9 Å². The van der Waals surface area contributed by atoms with Gasteiger partial charge in [-0.15, -0.1) is 0 Å². The number of unbranched alkanes of at least 4 members (excludes halogenated alkanes) is 7. The molecule has 0 aromatic carbocycles. The monoisotopic (exact) mass is 452 g/mol. The van der Waals surface area contributed by atoms with Crippen LogP contribution in [0.5, 0.6) is 0 Å². The zero-order valence-electron chi connectivity index (χ0n) is 20.8. The summed E-state index contributed by atoms with van der Waals surface area (Å²) < 4.78 is 5.13. The van der Waals surface area contributed by atoms with Crippen LogP contribution < -0.4 is 0 Å². The Morgan fingerprint density at radius 2 is 1.53 bits per heavy atom. The molecule has 0 aliphatic heterocycles. The van der Waals surface area contributed by atoms with Gasteiger partial charge in [0.25, 0.3) is 0 Å². The van der Waals surface area contributed by atoms with Gasteiger partial charge in [0.2, 0.25) is 0 Å². The average Bonchev–Trinajstić information content (AvgIpc) is 3.00. The molecular weight excluding hydrogens is 404 g/mol. The Morgan fingerprint density at radius 1 is 0.875 bits per heavy atom. The predicted octanol–water partition coefficient (Wildman–Crippen LogP) is 5.90. The van der Waals surface area contributed by atoms with Gasteiger partial charge < -0.3 is 14.9 Å². The van der Waals surface area contributed by atoms with E-state index in [2.05, 4.69) is 19.1 Å². The Bertz CT molecular complexity index is 542. The summed E-state index contributed by atoms with van der Waals surface area (Å²) in [4.78, 5) is 23.7. The number of aliphatic hydroxyl groups excluding tert-OH is 2. The van der Waals surface area contributed by atoms with Gasteiger partial charge in [-0.3, -0.25) is 9.59 Å². The quantitative estimate of drug-likeness (QED) is 0.154. The summed E-state index contributed by atoms with van der Waals surface area (Å²) in [6.07, 6.45) is 16.3. The number of allylic oxidation sites excluding steroid dienone is 2. The van der Waals surface area contributed by atoms with Crippen LogP contribution in [0, 0.1) is 11.8 Å². The molecule has 1 saturated carbocycles. The number of hydrogen-bond donors (Lipinski definition) is 2. The molecule has 1 rings (SSSR count). The van der Waals surface area contributed by atoms with Crippen molar-refractivity contribution in [1.29, 1.82) is 0 Å². The van der Waals surface area contributed by atoms with Crippen molar-refractivity contribution in [2.24, 2.45) is 11.8 Å². The average molecular weight is 453 g/mol.